The second-order valence-electron chi connectivity index (χ2n) is 6.57. The van der Waals surface area contributed by atoms with E-state index in [0.29, 0.717) is 11.1 Å². The first-order valence-corrected chi connectivity index (χ1v) is 9.11. The van der Waals surface area contributed by atoms with Crippen LogP contribution in [0, 0.1) is 23.7 Å². The van der Waals surface area contributed by atoms with Crippen LogP contribution >= 0.6 is 0 Å². The zero-order valence-corrected chi connectivity index (χ0v) is 16.1. The fraction of sp³-hybridized carbons (Fsp3) is 0.429. The molecular formula is C21H25N3O4. The molecule has 3 atom stereocenters. The number of ether oxygens (including phenoxy) is 1. The lowest BCUT2D eigenvalue weighted by Gasteiger charge is -2.29. The molecule has 1 amide bonds. The monoisotopic (exact) mass is 383 g/mol. The Labute approximate surface area is 165 Å². The fourth-order valence-corrected chi connectivity index (χ4v) is 2.65. The molecule has 28 heavy (non-hydrogen) atoms. The highest BCUT2D eigenvalue weighted by atomic mass is 16.5. The molecule has 7 heteroatoms. The summed E-state index contributed by atoms with van der Waals surface area (Å²) in [4.78, 5) is 25.5. The van der Waals surface area contributed by atoms with Gasteiger partial charge in [-0.3, -0.25) is 9.69 Å². The SMILES string of the molecule is C[C@@H](N)[C@H](NC(=O)c1ccc(C#CC#C[C@H](C)N2CCOCC2)cc1)C(=O)O. The molecule has 1 fully saturated rings. The maximum Gasteiger partial charge on any atom is 0.327 e. The first-order valence-electron chi connectivity index (χ1n) is 9.11. The van der Waals surface area contributed by atoms with E-state index >= 15 is 0 Å². The Morgan fingerprint density at radius 2 is 1.82 bits per heavy atom. The molecule has 1 aromatic rings. The lowest BCUT2D eigenvalue weighted by Crippen LogP contribution is -2.51. The normalized spacial score (nSPS) is 17.1. The van der Waals surface area contributed by atoms with Gasteiger partial charge in [-0.25, -0.2) is 4.79 Å². The number of aliphatic carboxylic acids is 1. The molecule has 0 bridgehead atoms. The standard InChI is InChI=1S/C21H25N3O4/c1-15(24-11-13-28-14-12-24)5-3-4-6-17-7-9-18(10-8-17)20(25)23-19(16(2)22)21(26)27/h7-10,15-16,19H,11-14,22H2,1-2H3,(H,23,25)(H,26,27)/t15-,16+,19-/m0/s1. The summed E-state index contributed by atoms with van der Waals surface area (Å²) in [6, 6.07) is 4.83. The van der Waals surface area contributed by atoms with Gasteiger partial charge in [-0.1, -0.05) is 11.8 Å². The number of amides is 1. The smallest absolute Gasteiger partial charge is 0.327 e. The van der Waals surface area contributed by atoms with E-state index in [4.69, 9.17) is 15.6 Å². The highest BCUT2D eigenvalue weighted by Gasteiger charge is 2.24. The summed E-state index contributed by atoms with van der Waals surface area (Å²) in [6.45, 7) is 6.78. The summed E-state index contributed by atoms with van der Waals surface area (Å²) < 4.78 is 5.32. The van der Waals surface area contributed by atoms with Crippen molar-refractivity contribution < 1.29 is 19.4 Å². The van der Waals surface area contributed by atoms with Crippen LogP contribution in [0.3, 0.4) is 0 Å². The van der Waals surface area contributed by atoms with Crippen LogP contribution in [0.4, 0.5) is 0 Å². The number of carbonyl (C=O) groups excluding carboxylic acids is 1. The van der Waals surface area contributed by atoms with Crippen LogP contribution in [0.15, 0.2) is 24.3 Å². The average molecular weight is 383 g/mol. The minimum atomic E-state index is -1.17. The van der Waals surface area contributed by atoms with Crippen molar-refractivity contribution in [3.8, 4) is 23.7 Å². The van der Waals surface area contributed by atoms with Crippen molar-refractivity contribution in [1.29, 1.82) is 0 Å². The first kappa shape index (κ1) is 21.5. The molecule has 2 rings (SSSR count). The summed E-state index contributed by atoms with van der Waals surface area (Å²) in [6.07, 6.45) is 0. The number of nitrogens with zero attached hydrogens (tertiary/aromatic N) is 1. The minimum Gasteiger partial charge on any atom is -0.480 e. The Morgan fingerprint density at radius 3 is 2.39 bits per heavy atom. The molecule has 4 N–H and O–H groups in total. The lowest BCUT2D eigenvalue weighted by atomic mass is 10.1. The Kier molecular flexibility index (Phi) is 8.03. The number of rotatable bonds is 5. The quantitative estimate of drug-likeness (QED) is 0.632. The third kappa shape index (κ3) is 6.40. The van der Waals surface area contributed by atoms with Gasteiger partial charge in [0.2, 0.25) is 0 Å². The van der Waals surface area contributed by atoms with Gasteiger partial charge in [0.1, 0.15) is 6.04 Å². The second-order valence-corrected chi connectivity index (χ2v) is 6.57. The van der Waals surface area contributed by atoms with Gasteiger partial charge >= 0.3 is 5.97 Å². The molecule has 0 saturated carbocycles. The van der Waals surface area contributed by atoms with Gasteiger partial charge in [0.05, 0.1) is 19.3 Å². The maximum atomic E-state index is 12.2. The summed E-state index contributed by atoms with van der Waals surface area (Å²) in [5, 5.41) is 11.5. The molecule has 7 nitrogen and oxygen atoms in total. The second kappa shape index (κ2) is 10.5. The highest BCUT2D eigenvalue weighted by Crippen LogP contribution is 2.05. The van der Waals surface area contributed by atoms with E-state index in [1.807, 2.05) is 6.92 Å². The molecule has 1 aliphatic heterocycles. The Bertz CT molecular complexity index is 806. The molecule has 0 aliphatic carbocycles. The van der Waals surface area contributed by atoms with Crippen molar-refractivity contribution in [2.24, 2.45) is 5.73 Å². The van der Waals surface area contributed by atoms with Gasteiger partial charge in [0.15, 0.2) is 0 Å². The molecule has 0 spiro atoms. The van der Waals surface area contributed by atoms with Crippen LogP contribution in [-0.2, 0) is 9.53 Å². The summed E-state index contributed by atoms with van der Waals surface area (Å²) in [5.41, 5.74) is 6.64. The number of nitrogens with one attached hydrogen (secondary N) is 1. The highest BCUT2D eigenvalue weighted by molar-refractivity contribution is 5.96. The molecule has 0 aromatic heterocycles. The minimum absolute atomic E-state index is 0.122. The molecule has 0 unspecified atom stereocenters. The van der Waals surface area contributed by atoms with Gasteiger partial charge < -0.3 is 20.9 Å². The number of hydrogen-bond donors (Lipinski definition) is 3. The predicted octanol–water partition coefficient (Wildman–Crippen LogP) is 0.292. The van der Waals surface area contributed by atoms with Crippen LogP contribution in [0.25, 0.3) is 0 Å². The number of morpholine rings is 1. The van der Waals surface area contributed by atoms with Crippen molar-refractivity contribution in [3.63, 3.8) is 0 Å². The van der Waals surface area contributed by atoms with Gasteiger partial charge in [0.25, 0.3) is 5.91 Å². The molecule has 1 aliphatic rings. The number of benzene rings is 1. The number of carboxylic acids is 1. The number of hydrogen-bond acceptors (Lipinski definition) is 5. The summed E-state index contributed by atoms with van der Waals surface area (Å²) in [5.74, 6) is 10.1. The molecular weight excluding hydrogens is 358 g/mol. The number of nitrogens with two attached hydrogens (primary N) is 1. The fourth-order valence-electron chi connectivity index (χ4n) is 2.65. The van der Waals surface area contributed by atoms with Crippen molar-refractivity contribution in [1.82, 2.24) is 10.2 Å². The first-order chi connectivity index (χ1) is 13.4. The average Bonchev–Trinajstić information content (AvgIpc) is 2.69. The van der Waals surface area contributed by atoms with Crippen LogP contribution in [-0.4, -0.2) is 66.3 Å². The third-order valence-corrected chi connectivity index (χ3v) is 4.37. The van der Waals surface area contributed by atoms with Crippen molar-refractivity contribution in [3.05, 3.63) is 35.4 Å². The van der Waals surface area contributed by atoms with Gasteiger partial charge in [0, 0.05) is 30.3 Å². The molecule has 148 valence electrons. The Balaban J connectivity index is 1.94. The Hall–Kier alpha value is -2.84. The van der Waals surface area contributed by atoms with Crippen molar-refractivity contribution >= 4 is 11.9 Å². The lowest BCUT2D eigenvalue weighted by molar-refractivity contribution is -0.139. The van der Waals surface area contributed by atoms with Gasteiger partial charge in [-0.15, -0.1) is 0 Å². The zero-order chi connectivity index (χ0) is 20.5. The molecule has 1 aromatic carbocycles. The molecule has 1 saturated heterocycles. The van der Waals surface area contributed by atoms with E-state index < -0.39 is 24.0 Å². The Morgan fingerprint density at radius 1 is 1.18 bits per heavy atom. The topological polar surface area (TPSA) is 105 Å². The summed E-state index contributed by atoms with van der Waals surface area (Å²) in [7, 11) is 0. The van der Waals surface area contributed by atoms with Crippen LogP contribution in [0.2, 0.25) is 0 Å². The number of carboxylic acid groups (broad SMARTS) is 1. The van der Waals surface area contributed by atoms with Crippen molar-refractivity contribution in [2.45, 2.75) is 32.0 Å². The van der Waals surface area contributed by atoms with E-state index in [1.54, 1.807) is 24.3 Å². The molecule has 0 radical (unpaired) electrons. The van der Waals surface area contributed by atoms with Crippen LogP contribution in [0.1, 0.15) is 29.8 Å². The predicted molar refractivity (Wildman–Crippen MR) is 105 cm³/mol. The zero-order valence-electron chi connectivity index (χ0n) is 16.1. The van der Waals surface area contributed by atoms with Crippen molar-refractivity contribution in [2.75, 3.05) is 26.3 Å². The summed E-state index contributed by atoms with van der Waals surface area (Å²) >= 11 is 0. The largest absolute Gasteiger partial charge is 0.480 e. The van der Waals surface area contributed by atoms with E-state index in [1.165, 1.54) is 6.92 Å². The molecule has 1 heterocycles. The van der Waals surface area contributed by atoms with Gasteiger partial charge in [-0.2, -0.15) is 0 Å². The van der Waals surface area contributed by atoms with Crippen LogP contribution < -0.4 is 11.1 Å². The van der Waals surface area contributed by atoms with E-state index in [9.17, 15) is 9.59 Å². The maximum absolute atomic E-state index is 12.2. The third-order valence-electron chi connectivity index (χ3n) is 4.37. The van der Waals surface area contributed by atoms with Crippen LogP contribution in [0.5, 0.6) is 0 Å². The van der Waals surface area contributed by atoms with Gasteiger partial charge in [-0.05, 0) is 50.0 Å². The van der Waals surface area contributed by atoms with E-state index in [-0.39, 0.29) is 6.04 Å². The van der Waals surface area contributed by atoms with E-state index in [2.05, 4.69) is 33.9 Å². The van der Waals surface area contributed by atoms with E-state index in [0.717, 1.165) is 26.3 Å². The number of carbonyl (C=O) groups is 2.